The molecule has 4 atom stereocenters. The first-order valence-electron chi connectivity index (χ1n) is 8.79. The number of aliphatic carboxylic acids is 1. The van der Waals surface area contributed by atoms with Crippen molar-refractivity contribution >= 4 is 27.6 Å². The van der Waals surface area contributed by atoms with Crippen LogP contribution in [-0.4, -0.2) is 26.9 Å². The number of hydrogen-bond donors (Lipinski definition) is 2. The summed E-state index contributed by atoms with van der Waals surface area (Å²) in [5.41, 5.74) is 0.650. The number of aryl methyl sites for hydroxylation is 1. The van der Waals surface area contributed by atoms with Gasteiger partial charge in [0, 0.05) is 6.04 Å². The third-order valence-corrected chi connectivity index (χ3v) is 7.10. The first-order valence-corrected chi connectivity index (χ1v) is 9.59. The molecule has 140 valence electrons. The van der Waals surface area contributed by atoms with Crippen LogP contribution < -0.4 is 10.9 Å². The summed E-state index contributed by atoms with van der Waals surface area (Å²) in [6.45, 7) is 11.6. The molecule has 6 nitrogen and oxygen atoms in total. The zero-order chi connectivity index (χ0) is 18.9. The van der Waals surface area contributed by atoms with Gasteiger partial charge in [0.1, 0.15) is 4.47 Å². The summed E-state index contributed by atoms with van der Waals surface area (Å²) < 4.78 is 1.59. The molecule has 1 fully saturated rings. The van der Waals surface area contributed by atoms with E-state index in [4.69, 9.17) is 5.11 Å². The van der Waals surface area contributed by atoms with Crippen LogP contribution in [0.2, 0.25) is 0 Å². The minimum Gasteiger partial charge on any atom is -0.481 e. The van der Waals surface area contributed by atoms with Gasteiger partial charge in [-0.25, -0.2) is 4.68 Å². The highest BCUT2D eigenvalue weighted by atomic mass is 79.9. The van der Waals surface area contributed by atoms with Gasteiger partial charge in [-0.3, -0.25) is 9.59 Å². The van der Waals surface area contributed by atoms with E-state index in [-0.39, 0.29) is 30.0 Å². The second-order valence-electron chi connectivity index (χ2n) is 7.90. The minimum atomic E-state index is -0.950. The van der Waals surface area contributed by atoms with Gasteiger partial charge >= 0.3 is 5.97 Å². The molecule has 1 aliphatic rings. The number of aromatic nitrogens is 2. The molecule has 0 aliphatic heterocycles. The molecule has 1 saturated carbocycles. The van der Waals surface area contributed by atoms with E-state index in [0.29, 0.717) is 27.9 Å². The largest absolute Gasteiger partial charge is 0.481 e. The van der Waals surface area contributed by atoms with Gasteiger partial charge in [0.2, 0.25) is 0 Å². The molecule has 0 unspecified atom stereocenters. The Balaban J connectivity index is 2.19. The molecule has 7 heteroatoms. The molecule has 0 radical (unpaired) electrons. The molecule has 1 heterocycles. The second kappa shape index (κ2) is 7.48. The zero-order valence-corrected chi connectivity index (χ0v) is 17.1. The van der Waals surface area contributed by atoms with Crippen LogP contribution in [0.25, 0.3) is 0 Å². The van der Waals surface area contributed by atoms with Crippen molar-refractivity contribution in [3.05, 3.63) is 21.0 Å². The Bertz CT molecular complexity index is 701. The Hall–Kier alpha value is -1.37. The number of rotatable bonds is 5. The Kier molecular flexibility index (Phi) is 5.97. The molecule has 1 aromatic heterocycles. The van der Waals surface area contributed by atoms with Crippen molar-refractivity contribution in [2.75, 3.05) is 5.32 Å². The number of anilines is 1. The van der Waals surface area contributed by atoms with Gasteiger partial charge < -0.3 is 10.4 Å². The Labute approximate surface area is 157 Å². The van der Waals surface area contributed by atoms with Crippen LogP contribution in [-0.2, 0) is 11.3 Å². The predicted molar refractivity (Wildman–Crippen MR) is 102 cm³/mol. The van der Waals surface area contributed by atoms with Crippen LogP contribution in [0.5, 0.6) is 0 Å². The molecule has 0 saturated heterocycles. The Morgan fingerprint density at radius 2 is 2.08 bits per heavy atom. The van der Waals surface area contributed by atoms with Crippen LogP contribution >= 0.6 is 15.9 Å². The topological polar surface area (TPSA) is 84.2 Å². The van der Waals surface area contributed by atoms with E-state index in [2.05, 4.69) is 61.0 Å². The second-order valence-corrected chi connectivity index (χ2v) is 8.69. The lowest BCUT2D eigenvalue weighted by Gasteiger charge is -2.50. The van der Waals surface area contributed by atoms with E-state index >= 15 is 0 Å². The smallest absolute Gasteiger partial charge is 0.305 e. The summed E-state index contributed by atoms with van der Waals surface area (Å²) in [4.78, 5) is 23.1. The summed E-state index contributed by atoms with van der Waals surface area (Å²) in [5, 5.41) is 16.4. The first kappa shape index (κ1) is 19.9. The lowest BCUT2D eigenvalue weighted by atomic mass is 9.58. The molecule has 0 bridgehead atoms. The van der Waals surface area contributed by atoms with Gasteiger partial charge in [0.25, 0.3) is 5.56 Å². The molecular formula is C18H28BrN3O3. The van der Waals surface area contributed by atoms with Gasteiger partial charge in [-0.15, -0.1) is 0 Å². The lowest BCUT2D eigenvalue weighted by Crippen LogP contribution is -2.48. The van der Waals surface area contributed by atoms with E-state index in [1.165, 1.54) is 4.68 Å². The molecule has 0 aromatic carbocycles. The number of hydrogen-bond acceptors (Lipinski definition) is 4. The van der Waals surface area contributed by atoms with Crippen molar-refractivity contribution in [3.8, 4) is 0 Å². The fourth-order valence-electron chi connectivity index (χ4n) is 3.69. The first-order chi connectivity index (χ1) is 11.6. The standard InChI is InChI=1S/C18H28BrN3O3/c1-10-8-13(11(2)12(3)18(10,4)5)21-14-9-20-22(7-6-15(23)24)17(25)16(14)19/h9-13,21H,6-8H2,1-5H3,(H,23,24)/t10-,11+,12+,13+/m0/s1. The van der Waals surface area contributed by atoms with Crippen molar-refractivity contribution in [1.29, 1.82) is 0 Å². The average Bonchev–Trinajstić information content (AvgIpc) is 2.54. The summed E-state index contributed by atoms with van der Waals surface area (Å²) in [6.07, 6.45) is 2.51. The van der Waals surface area contributed by atoms with Crippen LogP contribution in [0.1, 0.15) is 47.5 Å². The SMILES string of the molecule is C[C@@H]1[C@@H](C)C(C)(C)[C@@H](C)C[C@H]1Nc1cnn(CCC(=O)O)c(=O)c1Br. The summed E-state index contributed by atoms with van der Waals surface area (Å²) >= 11 is 3.35. The van der Waals surface area contributed by atoms with Crippen LogP contribution in [0.15, 0.2) is 15.5 Å². The van der Waals surface area contributed by atoms with Gasteiger partial charge in [-0.2, -0.15) is 5.10 Å². The van der Waals surface area contributed by atoms with E-state index in [0.717, 1.165) is 6.42 Å². The number of nitrogens with zero attached hydrogens (tertiary/aromatic N) is 2. The molecule has 25 heavy (non-hydrogen) atoms. The summed E-state index contributed by atoms with van der Waals surface area (Å²) in [6, 6.07) is 0.269. The summed E-state index contributed by atoms with van der Waals surface area (Å²) in [7, 11) is 0. The quantitative estimate of drug-likeness (QED) is 0.769. The Morgan fingerprint density at radius 1 is 1.44 bits per heavy atom. The average molecular weight is 414 g/mol. The van der Waals surface area contributed by atoms with Crippen LogP contribution in [0.4, 0.5) is 5.69 Å². The van der Waals surface area contributed by atoms with Crippen molar-refractivity contribution < 1.29 is 9.90 Å². The highest BCUT2D eigenvalue weighted by molar-refractivity contribution is 9.10. The number of carbonyl (C=O) groups is 1. The number of carboxylic acids is 1. The number of halogens is 1. The molecule has 2 N–H and O–H groups in total. The Morgan fingerprint density at radius 3 is 2.68 bits per heavy atom. The third-order valence-electron chi connectivity index (χ3n) is 6.34. The number of carboxylic acid groups (broad SMARTS) is 1. The van der Waals surface area contributed by atoms with Gasteiger partial charge in [0.05, 0.1) is 24.8 Å². The van der Waals surface area contributed by atoms with E-state index in [1.54, 1.807) is 6.20 Å². The minimum absolute atomic E-state index is 0.0646. The normalized spacial score (nSPS) is 28.6. The van der Waals surface area contributed by atoms with Crippen LogP contribution in [0.3, 0.4) is 0 Å². The monoisotopic (exact) mass is 413 g/mol. The maximum atomic E-state index is 12.4. The number of nitrogens with one attached hydrogen (secondary N) is 1. The third kappa shape index (κ3) is 4.07. The fraction of sp³-hybridized carbons (Fsp3) is 0.722. The fourth-order valence-corrected chi connectivity index (χ4v) is 4.11. The van der Waals surface area contributed by atoms with Crippen molar-refractivity contribution in [2.24, 2.45) is 23.2 Å². The molecule has 2 rings (SSSR count). The molecule has 0 amide bonds. The molecule has 1 aliphatic carbocycles. The summed E-state index contributed by atoms with van der Waals surface area (Å²) in [5.74, 6) is 0.636. The lowest BCUT2D eigenvalue weighted by molar-refractivity contribution is -0.137. The van der Waals surface area contributed by atoms with Gasteiger partial charge in [0.15, 0.2) is 0 Å². The maximum absolute atomic E-state index is 12.4. The molecular weight excluding hydrogens is 386 g/mol. The van der Waals surface area contributed by atoms with Gasteiger partial charge in [-0.1, -0.05) is 34.6 Å². The van der Waals surface area contributed by atoms with E-state index in [9.17, 15) is 9.59 Å². The van der Waals surface area contributed by atoms with Crippen molar-refractivity contribution in [1.82, 2.24) is 9.78 Å². The molecule has 0 spiro atoms. The van der Waals surface area contributed by atoms with Gasteiger partial charge in [-0.05, 0) is 45.5 Å². The van der Waals surface area contributed by atoms with E-state index < -0.39 is 5.97 Å². The maximum Gasteiger partial charge on any atom is 0.305 e. The zero-order valence-electron chi connectivity index (χ0n) is 15.5. The van der Waals surface area contributed by atoms with Crippen LogP contribution in [0, 0.1) is 23.2 Å². The highest BCUT2D eigenvalue weighted by Crippen LogP contribution is 2.48. The predicted octanol–water partition coefficient (Wildman–Crippen LogP) is 3.60. The molecule has 1 aromatic rings. The highest BCUT2D eigenvalue weighted by Gasteiger charge is 2.43. The van der Waals surface area contributed by atoms with Crippen molar-refractivity contribution in [2.45, 2.75) is 60.0 Å². The van der Waals surface area contributed by atoms with Crippen molar-refractivity contribution in [3.63, 3.8) is 0 Å². The van der Waals surface area contributed by atoms with E-state index in [1.807, 2.05) is 0 Å².